The van der Waals surface area contributed by atoms with E-state index in [1.54, 1.807) is 0 Å². The van der Waals surface area contributed by atoms with E-state index in [4.69, 9.17) is 40.1 Å². The van der Waals surface area contributed by atoms with Crippen LogP contribution in [0.1, 0.15) is 39.5 Å². The maximum Gasteiger partial charge on any atom is 0.100 e. The van der Waals surface area contributed by atoms with Crippen molar-refractivity contribution in [2.75, 3.05) is 46.2 Å². The van der Waals surface area contributed by atoms with Crippen LogP contribution in [0.15, 0.2) is 0 Å². The maximum atomic E-state index is 9.04. The van der Waals surface area contributed by atoms with Crippen LogP contribution in [0.2, 0.25) is 0 Å². The predicted octanol–water partition coefficient (Wildman–Crippen LogP) is -0.718. The van der Waals surface area contributed by atoms with Crippen molar-refractivity contribution in [3.63, 3.8) is 0 Å². The standard InChI is InChI=1S/C11H24O3.C6H14O5/c1-3-5-6-10(4-2)8-14-9-11(13)7-12;7-1-5(9)3-11-4-6(10)2-8/h10-13H,3-9H2,1-2H3;5-10H,1-4H2. The smallest absolute Gasteiger partial charge is 0.100 e. The van der Waals surface area contributed by atoms with Gasteiger partial charge in [0.25, 0.3) is 0 Å². The molecule has 0 rings (SSSR count). The summed E-state index contributed by atoms with van der Waals surface area (Å²) in [6.45, 7) is 4.28. The summed E-state index contributed by atoms with van der Waals surface area (Å²) in [7, 11) is 0. The van der Waals surface area contributed by atoms with E-state index in [1.165, 1.54) is 19.3 Å². The van der Waals surface area contributed by atoms with Crippen LogP contribution in [0.5, 0.6) is 0 Å². The Morgan fingerprint density at radius 3 is 1.40 bits per heavy atom. The Bertz CT molecular complexity index is 245. The minimum atomic E-state index is -0.916. The van der Waals surface area contributed by atoms with Crippen LogP contribution in [0.3, 0.4) is 0 Å². The molecule has 6 N–H and O–H groups in total. The van der Waals surface area contributed by atoms with E-state index in [1.807, 2.05) is 0 Å². The zero-order valence-electron chi connectivity index (χ0n) is 15.6. The van der Waals surface area contributed by atoms with Crippen LogP contribution in [0.4, 0.5) is 0 Å². The minimum absolute atomic E-state index is 0.0342. The first kappa shape index (κ1) is 26.9. The van der Waals surface area contributed by atoms with Crippen LogP contribution in [0, 0.1) is 5.92 Å². The maximum absolute atomic E-state index is 9.04. The summed E-state index contributed by atoms with van der Waals surface area (Å²) in [5.41, 5.74) is 0. The Morgan fingerprint density at radius 1 is 0.680 bits per heavy atom. The number of aliphatic hydroxyl groups is 6. The third-order valence-corrected chi connectivity index (χ3v) is 3.46. The number of rotatable bonds is 15. The molecule has 0 aliphatic rings. The highest BCUT2D eigenvalue weighted by molar-refractivity contribution is 4.57. The first-order valence-electron chi connectivity index (χ1n) is 8.97. The Hall–Kier alpha value is -0.320. The van der Waals surface area contributed by atoms with Gasteiger partial charge in [-0.1, -0.05) is 33.1 Å². The van der Waals surface area contributed by atoms with Crippen LogP contribution in [0.25, 0.3) is 0 Å². The van der Waals surface area contributed by atoms with Crippen molar-refractivity contribution in [2.45, 2.75) is 57.8 Å². The number of hydrogen-bond donors (Lipinski definition) is 6. The molecular formula is C17H38O8. The summed E-state index contributed by atoms with van der Waals surface area (Å²) in [6.07, 6.45) is 2.22. The largest absolute Gasteiger partial charge is 0.394 e. The zero-order valence-corrected chi connectivity index (χ0v) is 15.6. The number of ether oxygens (including phenoxy) is 2. The molecule has 0 fully saturated rings. The van der Waals surface area contributed by atoms with Gasteiger partial charge < -0.3 is 40.1 Å². The Labute approximate surface area is 151 Å². The zero-order chi connectivity index (χ0) is 19.5. The summed E-state index contributed by atoms with van der Waals surface area (Å²) < 4.78 is 10.0. The third-order valence-electron chi connectivity index (χ3n) is 3.46. The van der Waals surface area contributed by atoms with Crippen molar-refractivity contribution >= 4 is 0 Å². The van der Waals surface area contributed by atoms with Crippen molar-refractivity contribution in [3.05, 3.63) is 0 Å². The molecule has 4 atom stereocenters. The van der Waals surface area contributed by atoms with Gasteiger partial charge in [0.2, 0.25) is 0 Å². The highest BCUT2D eigenvalue weighted by Crippen LogP contribution is 2.12. The molecule has 0 saturated heterocycles. The molecule has 4 unspecified atom stereocenters. The van der Waals surface area contributed by atoms with Crippen molar-refractivity contribution < 1.29 is 40.1 Å². The second-order valence-corrected chi connectivity index (χ2v) is 6.00. The lowest BCUT2D eigenvalue weighted by Crippen LogP contribution is -2.25. The van der Waals surface area contributed by atoms with E-state index < -0.39 is 18.3 Å². The molecule has 25 heavy (non-hydrogen) atoms. The van der Waals surface area contributed by atoms with Gasteiger partial charge in [-0.3, -0.25) is 0 Å². The molecule has 0 spiro atoms. The van der Waals surface area contributed by atoms with Crippen LogP contribution >= 0.6 is 0 Å². The minimum Gasteiger partial charge on any atom is -0.394 e. The topological polar surface area (TPSA) is 140 Å². The lowest BCUT2D eigenvalue weighted by atomic mass is 10.0. The molecule has 0 heterocycles. The molecule has 0 aliphatic heterocycles. The fourth-order valence-electron chi connectivity index (χ4n) is 1.77. The Balaban J connectivity index is 0. The van der Waals surface area contributed by atoms with Crippen LogP contribution < -0.4 is 0 Å². The van der Waals surface area contributed by atoms with Crippen molar-refractivity contribution in [2.24, 2.45) is 5.92 Å². The van der Waals surface area contributed by atoms with Gasteiger partial charge in [0.05, 0.1) is 39.6 Å². The Kier molecular flexibility index (Phi) is 21.5. The number of unbranched alkanes of at least 4 members (excludes halogenated alkanes) is 1. The van der Waals surface area contributed by atoms with Gasteiger partial charge in [0.15, 0.2) is 0 Å². The molecule has 0 aliphatic carbocycles. The molecule has 0 saturated carbocycles. The molecule has 0 bridgehead atoms. The van der Waals surface area contributed by atoms with Gasteiger partial charge in [-0.2, -0.15) is 0 Å². The van der Waals surface area contributed by atoms with Gasteiger partial charge >= 0.3 is 0 Å². The normalized spacial score (nSPS) is 15.8. The molecule has 8 nitrogen and oxygen atoms in total. The number of aliphatic hydroxyl groups excluding tert-OH is 6. The monoisotopic (exact) mass is 370 g/mol. The summed E-state index contributed by atoms with van der Waals surface area (Å²) in [5.74, 6) is 0.598. The molecule has 0 radical (unpaired) electrons. The van der Waals surface area contributed by atoms with Gasteiger partial charge in [-0.05, 0) is 12.3 Å². The highest BCUT2D eigenvalue weighted by Gasteiger charge is 2.08. The lowest BCUT2D eigenvalue weighted by Gasteiger charge is -2.15. The van der Waals surface area contributed by atoms with Gasteiger partial charge in [-0.25, -0.2) is 0 Å². The molecule has 0 amide bonds. The van der Waals surface area contributed by atoms with E-state index in [9.17, 15) is 0 Å². The van der Waals surface area contributed by atoms with Gasteiger partial charge in [0, 0.05) is 6.61 Å². The first-order valence-corrected chi connectivity index (χ1v) is 8.97. The van der Waals surface area contributed by atoms with Crippen molar-refractivity contribution in [1.82, 2.24) is 0 Å². The first-order chi connectivity index (χ1) is 11.9. The molecular weight excluding hydrogens is 332 g/mol. The van der Waals surface area contributed by atoms with E-state index in [0.29, 0.717) is 12.5 Å². The predicted molar refractivity (Wildman–Crippen MR) is 94.2 cm³/mol. The summed E-state index contributed by atoms with van der Waals surface area (Å²) in [6, 6.07) is 0. The van der Waals surface area contributed by atoms with Gasteiger partial charge in [0.1, 0.15) is 18.3 Å². The lowest BCUT2D eigenvalue weighted by molar-refractivity contribution is -0.0364. The quantitative estimate of drug-likeness (QED) is 0.222. The fraction of sp³-hybridized carbons (Fsp3) is 1.00. The highest BCUT2D eigenvalue weighted by atomic mass is 16.5. The average molecular weight is 370 g/mol. The fourth-order valence-corrected chi connectivity index (χ4v) is 1.77. The van der Waals surface area contributed by atoms with Crippen molar-refractivity contribution in [1.29, 1.82) is 0 Å². The molecule has 154 valence electrons. The second kappa shape index (κ2) is 20.0. The third kappa shape index (κ3) is 19.8. The molecule has 0 aromatic rings. The summed E-state index contributed by atoms with van der Waals surface area (Å²) in [4.78, 5) is 0. The average Bonchev–Trinajstić information content (AvgIpc) is 2.64. The molecule has 0 aromatic heterocycles. The summed E-state index contributed by atoms with van der Waals surface area (Å²) >= 11 is 0. The number of hydrogen-bond acceptors (Lipinski definition) is 8. The van der Waals surface area contributed by atoms with Crippen LogP contribution in [-0.4, -0.2) is 95.2 Å². The van der Waals surface area contributed by atoms with Crippen molar-refractivity contribution in [3.8, 4) is 0 Å². The van der Waals surface area contributed by atoms with E-state index in [0.717, 1.165) is 6.42 Å². The van der Waals surface area contributed by atoms with E-state index in [-0.39, 0.29) is 39.6 Å². The Morgan fingerprint density at radius 2 is 1.08 bits per heavy atom. The summed E-state index contributed by atoms with van der Waals surface area (Å²) in [5, 5.41) is 51.7. The molecule has 0 aromatic carbocycles. The van der Waals surface area contributed by atoms with Crippen LogP contribution in [-0.2, 0) is 9.47 Å². The van der Waals surface area contributed by atoms with E-state index in [2.05, 4.69) is 13.8 Å². The van der Waals surface area contributed by atoms with Gasteiger partial charge in [-0.15, -0.1) is 0 Å². The SMILES string of the molecule is CCCCC(CC)COCC(O)CO.OCC(O)COCC(O)CO. The second-order valence-electron chi connectivity index (χ2n) is 6.00. The molecule has 8 heteroatoms. The van der Waals surface area contributed by atoms with E-state index >= 15 is 0 Å².